The molecule has 0 spiro atoms. The SMILES string of the molecule is NNC(=O)c1ccccc1OC(=O)c1cccnc1Oc1ccccc1. The highest BCUT2D eigenvalue weighted by atomic mass is 16.5. The van der Waals surface area contributed by atoms with Gasteiger partial charge >= 0.3 is 5.97 Å². The molecule has 0 aliphatic rings. The summed E-state index contributed by atoms with van der Waals surface area (Å²) >= 11 is 0. The van der Waals surface area contributed by atoms with Crippen molar-refractivity contribution in [1.82, 2.24) is 10.4 Å². The summed E-state index contributed by atoms with van der Waals surface area (Å²) in [5.74, 6) is 4.59. The third-order valence-corrected chi connectivity index (χ3v) is 3.41. The molecule has 3 N–H and O–H groups in total. The lowest BCUT2D eigenvalue weighted by molar-refractivity contribution is 0.0728. The number of nitrogens with one attached hydrogen (secondary N) is 1. The molecule has 7 nitrogen and oxygen atoms in total. The number of nitrogen functional groups attached to an aromatic ring is 1. The van der Waals surface area contributed by atoms with Crippen molar-refractivity contribution in [3.63, 3.8) is 0 Å². The van der Waals surface area contributed by atoms with E-state index in [1.54, 1.807) is 42.5 Å². The second kappa shape index (κ2) is 7.91. The summed E-state index contributed by atoms with van der Waals surface area (Å²) in [5.41, 5.74) is 2.27. The standard InChI is InChI=1S/C19H15N3O4/c20-22-17(23)14-9-4-5-11-16(14)26-19(24)15-10-6-12-21-18(15)25-13-7-2-1-3-8-13/h1-12H,20H2,(H,22,23). The number of esters is 1. The summed E-state index contributed by atoms with van der Waals surface area (Å²) < 4.78 is 11.0. The number of pyridine rings is 1. The van der Waals surface area contributed by atoms with Crippen molar-refractivity contribution in [2.45, 2.75) is 0 Å². The number of ether oxygens (including phenoxy) is 2. The molecule has 3 aromatic rings. The van der Waals surface area contributed by atoms with Gasteiger partial charge in [0.15, 0.2) is 0 Å². The fraction of sp³-hybridized carbons (Fsp3) is 0. The predicted octanol–water partition coefficient (Wildman–Crippen LogP) is 2.70. The van der Waals surface area contributed by atoms with E-state index in [1.165, 1.54) is 24.4 Å². The van der Waals surface area contributed by atoms with Gasteiger partial charge in [-0.25, -0.2) is 15.6 Å². The van der Waals surface area contributed by atoms with Crippen molar-refractivity contribution in [3.8, 4) is 17.4 Å². The van der Waals surface area contributed by atoms with E-state index in [0.717, 1.165) is 0 Å². The van der Waals surface area contributed by atoms with Gasteiger partial charge in [0.1, 0.15) is 17.1 Å². The third kappa shape index (κ3) is 3.85. The van der Waals surface area contributed by atoms with Crippen LogP contribution >= 0.6 is 0 Å². The highest BCUT2D eigenvalue weighted by Gasteiger charge is 2.19. The highest BCUT2D eigenvalue weighted by molar-refractivity contribution is 5.99. The average molecular weight is 349 g/mol. The summed E-state index contributed by atoms with van der Waals surface area (Å²) in [4.78, 5) is 28.5. The Morgan fingerprint density at radius 2 is 1.58 bits per heavy atom. The summed E-state index contributed by atoms with van der Waals surface area (Å²) in [6, 6.07) is 18.3. The molecule has 0 bridgehead atoms. The maximum atomic E-state index is 12.6. The van der Waals surface area contributed by atoms with Crippen LogP contribution in [0.15, 0.2) is 72.9 Å². The first-order chi connectivity index (χ1) is 12.7. The van der Waals surface area contributed by atoms with E-state index in [0.29, 0.717) is 5.75 Å². The van der Waals surface area contributed by atoms with Crippen LogP contribution in [-0.4, -0.2) is 16.9 Å². The van der Waals surface area contributed by atoms with E-state index in [4.69, 9.17) is 15.3 Å². The van der Waals surface area contributed by atoms with Crippen LogP contribution < -0.4 is 20.7 Å². The maximum Gasteiger partial charge on any atom is 0.349 e. The molecule has 26 heavy (non-hydrogen) atoms. The van der Waals surface area contributed by atoms with Crippen LogP contribution in [0.2, 0.25) is 0 Å². The van der Waals surface area contributed by atoms with Gasteiger partial charge in [0, 0.05) is 6.20 Å². The monoisotopic (exact) mass is 349 g/mol. The second-order valence-corrected chi connectivity index (χ2v) is 5.13. The van der Waals surface area contributed by atoms with Crippen molar-refractivity contribution in [3.05, 3.63) is 84.1 Å². The number of para-hydroxylation sites is 2. The molecule has 0 fully saturated rings. The van der Waals surface area contributed by atoms with E-state index in [-0.39, 0.29) is 22.8 Å². The van der Waals surface area contributed by atoms with Crippen molar-refractivity contribution >= 4 is 11.9 Å². The molecule has 0 radical (unpaired) electrons. The van der Waals surface area contributed by atoms with Crippen LogP contribution in [-0.2, 0) is 0 Å². The molecule has 3 rings (SSSR count). The Kier molecular flexibility index (Phi) is 5.21. The van der Waals surface area contributed by atoms with Crippen LogP contribution in [0.3, 0.4) is 0 Å². The van der Waals surface area contributed by atoms with Crippen molar-refractivity contribution in [2.24, 2.45) is 5.84 Å². The first-order valence-corrected chi connectivity index (χ1v) is 7.69. The van der Waals surface area contributed by atoms with Gasteiger partial charge < -0.3 is 9.47 Å². The lowest BCUT2D eigenvalue weighted by Crippen LogP contribution is -2.30. The number of benzene rings is 2. The molecule has 0 atom stereocenters. The van der Waals surface area contributed by atoms with E-state index in [1.807, 2.05) is 11.5 Å². The van der Waals surface area contributed by atoms with Gasteiger partial charge in [-0.3, -0.25) is 10.2 Å². The Morgan fingerprint density at radius 3 is 2.35 bits per heavy atom. The first kappa shape index (κ1) is 17.1. The van der Waals surface area contributed by atoms with Crippen LogP contribution in [0.5, 0.6) is 17.4 Å². The minimum absolute atomic E-state index is 0.0787. The van der Waals surface area contributed by atoms with Crippen molar-refractivity contribution in [1.29, 1.82) is 0 Å². The Labute approximate surface area is 149 Å². The molecule has 0 unspecified atom stereocenters. The molecule has 2 aromatic carbocycles. The second-order valence-electron chi connectivity index (χ2n) is 5.13. The van der Waals surface area contributed by atoms with E-state index < -0.39 is 11.9 Å². The third-order valence-electron chi connectivity index (χ3n) is 3.41. The zero-order valence-corrected chi connectivity index (χ0v) is 13.6. The van der Waals surface area contributed by atoms with Gasteiger partial charge in [-0.1, -0.05) is 30.3 Å². The molecule has 0 saturated heterocycles. The predicted molar refractivity (Wildman–Crippen MR) is 93.8 cm³/mol. The van der Waals surface area contributed by atoms with Crippen molar-refractivity contribution in [2.75, 3.05) is 0 Å². The number of carbonyl (C=O) groups is 2. The summed E-state index contributed by atoms with van der Waals surface area (Å²) in [6.07, 6.45) is 1.50. The number of aromatic nitrogens is 1. The highest BCUT2D eigenvalue weighted by Crippen LogP contribution is 2.25. The summed E-state index contributed by atoms with van der Waals surface area (Å²) in [7, 11) is 0. The number of nitrogens with two attached hydrogens (primary N) is 1. The molecule has 0 aliphatic carbocycles. The van der Waals surface area contributed by atoms with Crippen LogP contribution in [0, 0.1) is 0 Å². The fourth-order valence-corrected chi connectivity index (χ4v) is 2.20. The Balaban J connectivity index is 1.87. The van der Waals surface area contributed by atoms with Gasteiger partial charge in [0.2, 0.25) is 5.88 Å². The maximum absolute atomic E-state index is 12.6. The lowest BCUT2D eigenvalue weighted by Gasteiger charge is -2.11. The molecular formula is C19H15N3O4. The zero-order chi connectivity index (χ0) is 18.4. The van der Waals surface area contributed by atoms with E-state index in [9.17, 15) is 9.59 Å². The number of hydrogen-bond acceptors (Lipinski definition) is 6. The molecular weight excluding hydrogens is 334 g/mol. The minimum atomic E-state index is -0.707. The Bertz CT molecular complexity index is 929. The largest absolute Gasteiger partial charge is 0.438 e. The molecule has 1 amide bonds. The molecule has 1 aromatic heterocycles. The van der Waals surface area contributed by atoms with Gasteiger partial charge in [-0.15, -0.1) is 0 Å². The molecule has 1 heterocycles. The van der Waals surface area contributed by atoms with Crippen LogP contribution in [0.1, 0.15) is 20.7 Å². The molecule has 0 saturated carbocycles. The molecule has 130 valence electrons. The number of hydrazine groups is 1. The Hall–Kier alpha value is -3.71. The summed E-state index contributed by atoms with van der Waals surface area (Å²) in [6.45, 7) is 0. The normalized spacial score (nSPS) is 10.0. The van der Waals surface area contributed by atoms with Crippen LogP contribution in [0.4, 0.5) is 0 Å². The number of nitrogens with zero attached hydrogens (tertiary/aromatic N) is 1. The summed E-state index contributed by atoms with van der Waals surface area (Å²) in [5, 5.41) is 0. The number of amides is 1. The van der Waals surface area contributed by atoms with E-state index in [2.05, 4.69) is 4.98 Å². The quantitative estimate of drug-likeness (QED) is 0.241. The average Bonchev–Trinajstić information content (AvgIpc) is 2.69. The lowest BCUT2D eigenvalue weighted by atomic mass is 10.2. The van der Waals surface area contributed by atoms with Gasteiger partial charge in [0.25, 0.3) is 5.91 Å². The Morgan fingerprint density at radius 1 is 0.885 bits per heavy atom. The molecule has 0 aliphatic heterocycles. The van der Waals surface area contributed by atoms with E-state index >= 15 is 0 Å². The number of hydrogen-bond donors (Lipinski definition) is 2. The zero-order valence-electron chi connectivity index (χ0n) is 13.6. The number of carbonyl (C=O) groups excluding carboxylic acids is 2. The first-order valence-electron chi connectivity index (χ1n) is 7.69. The minimum Gasteiger partial charge on any atom is -0.438 e. The number of rotatable bonds is 5. The van der Waals surface area contributed by atoms with Gasteiger partial charge in [-0.2, -0.15) is 0 Å². The van der Waals surface area contributed by atoms with Gasteiger partial charge in [-0.05, 0) is 36.4 Å². The van der Waals surface area contributed by atoms with Crippen LogP contribution in [0.25, 0.3) is 0 Å². The van der Waals surface area contributed by atoms with Gasteiger partial charge in [0.05, 0.1) is 5.56 Å². The topological polar surface area (TPSA) is 104 Å². The fourth-order valence-electron chi connectivity index (χ4n) is 2.20. The molecule has 7 heteroatoms. The van der Waals surface area contributed by atoms with Crippen molar-refractivity contribution < 1.29 is 19.1 Å². The smallest absolute Gasteiger partial charge is 0.349 e.